The molecule has 0 unspecified atom stereocenters. The zero-order valence-corrected chi connectivity index (χ0v) is 8.46. The summed E-state index contributed by atoms with van der Waals surface area (Å²) in [6.07, 6.45) is 1.72. The second-order valence-corrected chi connectivity index (χ2v) is 3.60. The molecular formula is C12H13FO2. The van der Waals surface area contributed by atoms with Gasteiger partial charge in [-0.2, -0.15) is 0 Å². The lowest BCUT2D eigenvalue weighted by Crippen LogP contribution is -2.01. The molecule has 0 atom stereocenters. The molecule has 2 rings (SSSR count). The molecule has 0 saturated heterocycles. The molecule has 0 saturated carbocycles. The van der Waals surface area contributed by atoms with Gasteiger partial charge in [0.15, 0.2) is 5.78 Å². The Morgan fingerprint density at radius 2 is 2.20 bits per heavy atom. The highest BCUT2D eigenvalue weighted by molar-refractivity contribution is 6.01. The summed E-state index contributed by atoms with van der Waals surface area (Å²) in [4.78, 5) is 11.4. The van der Waals surface area contributed by atoms with E-state index in [2.05, 4.69) is 0 Å². The minimum Gasteiger partial charge on any atom is -0.493 e. The lowest BCUT2D eigenvalue weighted by atomic mass is 10.1. The van der Waals surface area contributed by atoms with Gasteiger partial charge in [-0.15, -0.1) is 0 Å². The second-order valence-electron chi connectivity index (χ2n) is 3.60. The quantitative estimate of drug-likeness (QED) is 0.711. The molecule has 15 heavy (non-hydrogen) atoms. The van der Waals surface area contributed by atoms with Crippen LogP contribution in [0, 0.1) is 0 Å². The summed E-state index contributed by atoms with van der Waals surface area (Å²) in [5, 5.41) is 0. The van der Waals surface area contributed by atoms with Crippen LogP contribution in [0.25, 0.3) is 0 Å². The van der Waals surface area contributed by atoms with Gasteiger partial charge in [0.1, 0.15) is 5.75 Å². The molecule has 3 heteroatoms. The first-order chi connectivity index (χ1) is 7.33. The van der Waals surface area contributed by atoms with Gasteiger partial charge >= 0.3 is 0 Å². The molecule has 1 aliphatic carbocycles. The van der Waals surface area contributed by atoms with Crippen molar-refractivity contribution in [3.8, 4) is 5.75 Å². The predicted molar refractivity (Wildman–Crippen MR) is 55.2 cm³/mol. The summed E-state index contributed by atoms with van der Waals surface area (Å²) in [5.41, 5.74) is 1.76. The number of ketones is 1. The monoisotopic (exact) mass is 208 g/mol. The van der Waals surface area contributed by atoms with Gasteiger partial charge in [0, 0.05) is 24.0 Å². The molecule has 0 aromatic heterocycles. The van der Waals surface area contributed by atoms with Crippen LogP contribution in [0.2, 0.25) is 0 Å². The maximum absolute atomic E-state index is 11.9. The smallest absolute Gasteiger partial charge is 0.163 e. The number of carbonyl (C=O) groups is 1. The van der Waals surface area contributed by atoms with Crippen molar-refractivity contribution < 1.29 is 13.9 Å². The van der Waals surface area contributed by atoms with Crippen molar-refractivity contribution in [3.63, 3.8) is 0 Å². The Morgan fingerprint density at radius 3 is 3.00 bits per heavy atom. The number of hydrogen-bond acceptors (Lipinski definition) is 2. The third-order valence-corrected chi connectivity index (χ3v) is 2.57. The van der Waals surface area contributed by atoms with Crippen molar-refractivity contribution in [2.45, 2.75) is 19.3 Å². The molecule has 1 aliphatic rings. The predicted octanol–water partition coefficient (Wildman–Crippen LogP) is 2.55. The van der Waals surface area contributed by atoms with Gasteiger partial charge in [-0.25, -0.2) is 0 Å². The third kappa shape index (κ3) is 2.01. The summed E-state index contributed by atoms with van der Waals surface area (Å²) in [6, 6.07) is 5.48. The van der Waals surface area contributed by atoms with Crippen molar-refractivity contribution >= 4 is 5.78 Å². The number of alkyl halides is 1. The Bertz CT molecular complexity index is 374. The maximum atomic E-state index is 11.9. The fourth-order valence-corrected chi connectivity index (χ4v) is 1.83. The molecule has 0 bridgehead atoms. The number of carbonyl (C=O) groups excluding carboxylic acids is 1. The SMILES string of the molecule is O=C1CCc2c(OCCCF)cccc21. The zero-order valence-electron chi connectivity index (χ0n) is 8.46. The van der Waals surface area contributed by atoms with E-state index < -0.39 is 0 Å². The average molecular weight is 208 g/mol. The van der Waals surface area contributed by atoms with Crippen molar-refractivity contribution in [1.82, 2.24) is 0 Å². The van der Waals surface area contributed by atoms with Crippen LogP contribution in [0.3, 0.4) is 0 Å². The molecule has 0 radical (unpaired) electrons. The largest absolute Gasteiger partial charge is 0.493 e. The number of rotatable bonds is 4. The summed E-state index contributed by atoms with van der Waals surface area (Å²) in [5.74, 6) is 0.924. The number of ether oxygens (including phenoxy) is 1. The molecule has 80 valence electrons. The van der Waals surface area contributed by atoms with Crippen LogP contribution in [0.4, 0.5) is 4.39 Å². The standard InChI is InChI=1S/C12H13FO2/c13-7-2-8-15-12-4-1-3-9-10(12)5-6-11(9)14/h1,3-4H,2,5-8H2. The third-order valence-electron chi connectivity index (χ3n) is 2.57. The van der Waals surface area contributed by atoms with Gasteiger partial charge in [-0.1, -0.05) is 12.1 Å². The van der Waals surface area contributed by atoms with Crippen LogP contribution in [0.15, 0.2) is 18.2 Å². The van der Waals surface area contributed by atoms with E-state index in [1.807, 2.05) is 18.2 Å². The average Bonchev–Trinajstić information content (AvgIpc) is 2.62. The zero-order chi connectivity index (χ0) is 10.7. The van der Waals surface area contributed by atoms with E-state index in [4.69, 9.17) is 4.74 Å². The fourth-order valence-electron chi connectivity index (χ4n) is 1.83. The molecular weight excluding hydrogens is 195 g/mol. The molecule has 0 fully saturated rings. The first kappa shape index (κ1) is 10.1. The molecule has 0 N–H and O–H groups in total. The lowest BCUT2D eigenvalue weighted by molar-refractivity contribution is 0.0994. The van der Waals surface area contributed by atoms with E-state index in [-0.39, 0.29) is 12.5 Å². The van der Waals surface area contributed by atoms with Crippen molar-refractivity contribution in [1.29, 1.82) is 0 Å². The Labute approximate surface area is 88.1 Å². The van der Waals surface area contributed by atoms with Gasteiger partial charge in [-0.05, 0) is 12.5 Å². The summed E-state index contributed by atoms with van der Waals surface area (Å²) in [6.45, 7) is 0.00903. The molecule has 0 amide bonds. The van der Waals surface area contributed by atoms with Crippen LogP contribution in [-0.4, -0.2) is 19.1 Å². The number of fused-ring (bicyclic) bond motifs is 1. The first-order valence-electron chi connectivity index (χ1n) is 5.17. The minimum atomic E-state index is -0.367. The van der Waals surface area contributed by atoms with E-state index >= 15 is 0 Å². The van der Waals surface area contributed by atoms with Crippen LogP contribution in [0.1, 0.15) is 28.8 Å². The van der Waals surface area contributed by atoms with Crippen LogP contribution in [-0.2, 0) is 6.42 Å². The Kier molecular flexibility index (Phi) is 2.99. The van der Waals surface area contributed by atoms with Crippen LogP contribution in [0.5, 0.6) is 5.75 Å². The van der Waals surface area contributed by atoms with E-state index in [9.17, 15) is 9.18 Å². The van der Waals surface area contributed by atoms with E-state index in [0.717, 1.165) is 23.3 Å². The minimum absolute atomic E-state index is 0.181. The summed E-state index contributed by atoms with van der Waals surface area (Å²) >= 11 is 0. The van der Waals surface area contributed by atoms with Crippen molar-refractivity contribution in [2.75, 3.05) is 13.3 Å². The number of benzene rings is 1. The summed E-state index contributed by atoms with van der Waals surface area (Å²) in [7, 11) is 0. The van der Waals surface area contributed by atoms with Gasteiger partial charge in [0.25, 0.3) is 0 Å². The molecule has 0 heterocycles. The van der Waals surface area contributed by atoms with E-state index in [1.54, 1.807) is 0 Å². The molecule has 2 nitrogen and oxygen atoms in total. The molecule has 0 aliphatic heterocycles. The van der Waals surface area contributed by atoms with Crippen molar-refractivity contribution in [2.24, 2.45) is 0 Å². The van der Waals surface area contributed by atoms with Crippen molar-refractivity contribution in [3.05, 3.63) is 29.3 Å². The Balaban J connectivity index is 2.15. The normalized spacial score (nSPS) is 14.1. The van der Waals surface area contributed by atoms with Gasteiger partial charge in [-0.3, -0.25) is 9.18 Å². The Morgan fingerprint density at radius 1 is 1.33 bits per heavy atom. The van der Waals surface area contributed by atoms with Crippen LogP contribution < -0.4 is 4.74 Å². The topological polar surface area (TPSA) is 26.3 Å². The summed E-state index contributed by atoms with van der Waals surface area (Å²) < 4.78 is 17.3. The van der Waals surface area contributed by atoms with Gasteiger partial charge in [0.05, 0.1) is 13.3 Å². The van der Waals surface area contributed by atoms with Gasteiger partial charge < -0.3 is 4.74 Å². The van der Waals surface area contributed by atoms with E-state index in [0.29, 0.717) is 19.4 Å². The lowest BCUT2D eigenvalue weighted by Gasteiger charge is -2.08. The molecule has 1 aromatic rings. The highest BCUT2D eigenvalue weighted by Gasteiger charge is 2.22. The number of hydrogen-bond donors (Lipinski definition) is 0. The van der Waals surface area contributed by atoms with E-state index in [1.165, 1.54) is 0 Å². The fraction of sp³-hybridized carbons (Fsp3) is 0.417. The maximum Gasteiger partial charge on any atom is 0.163 e. The molecule has 0 spiro atoms. The van der Waals surface area contributed by atoms with Crippen LogP contribution >= 0.6 is 0 Å². The Hall–Kier alpha value is -1.38. The highest BCUT2D eigenvalue weighted by Crippen LogP contribution is 2.30. The second kappa shape index (κ2) is 4.43. The first-order valence-corrected chi connectivity index (χ1v) is 5.17. The highest BCUT2D eigenvalue weighted by atomic mass is 19.1. The molecule has 1 aromatic carbocycles. The number of Topliss-reactive ketones (excluding diaryl/α,β-unsaturated/α-hetero) is 1. The number of halogens is 1. The van der Waals surface area contributed by atoms with Gasteiger partial charge in [0.2, 0.25) is 0 Å².